The Hall–Kier alpha value is -2.95. The van der Waals surface area contributed by atoms with Gasteiger partial charge in [0.1, 0.15) is 5.82 Å². The van der Waals surface area contributed by atoms with Crippen molar-refractivity contribution in [1.82, 2.24) is 5.32 Å². The van der Waals surface area contributed by atoms with Crippen molar-refractivity contribution in [3.05, 3.63) is 59.6 Å². The summed E-state index contributed by atoms with van der Waals surface area (Å²) in [6.07, 6.45) is 6.38. The van der Waals surface area contributed by atoms with Gasteiger partial charge in [0.2, 0.25) is 0 Å². The standard InChI is InChI=1S/C25H30FN3O/c1-6-15(4)22-19(13-20(26)23(25(30)27-5)24(22)28-8-3)17-9-10-18-11-16(7-2)14-29-21(18)12-17/h8-10,12-16,28H,3,6-7,11H2,1-2,4-5H3,(H,27,30)/t15-,16?/m1/s1. The molecule has 1 amide bonds. The van der Waals surface area contributed by atoms with Crippen LogP contribution in [0.2, 0.25) is 0 Å². The average molecular weight is 408 g/mol. The lowest BCUT2D eigenvalue weighted by Crippen LogP contribution is -2.22. The van der Waals surface area contributed by atoms with Crippen molar-refractivity contribution in [2.75, 3.05) is 12.4 Å². The molecular weight excluding hydrogens is 377 g/mol. The van der Waals surface area contributed by atoms with Crippen LogP contribution in [0.1, 0.15) is 61.0 Å². The lowest BCUT2D eigenvalue weighted by molar-refractivity contribution is 0.0960. The molecule has 0 fully saturated rings. The number of hydrogen-bond donors (Lipinski definition) is 2. The number of carbonyl (C=O) groups is 1. The van der Waals surface area contributed by atoms with Gasteiger partial charge in [-0.3, -0.25) is 9.79 Å². The Bertz CT molecular complexity index is 996. The van der Waals surface area contributed by atoms with Crippen LogP contribution in [0.4, 0.5) is 15.8 Å². The fraction of sp³-hybridized carbons (Fsp3) is 0.360. The predicted octanol–water partition coefficient (Wildman–Crippen LogP) is 6.21. The van der Waals surface area contributed by atoms with E-state index in [1.54, 1.807) is 0 Å². The molecule has 158 valence electrons. The topological polar surface area (TPSA) is 53.5 Å². The molecule has 0 spiro atoms. The van der Waals surface area contributed by atoms with E-state index in [0.717, 1.165) is 41.6 Å². The number of halogens is 1. The molecule has 1 aliphatic heterocycles. The van der Waals surface area contributed by atoms with Crippen LogP contribution in [-0.2, 0) is 6.42 Å². The highest BCUT2D eigenvalue weighted by Crippen LogP contribution is 2.42. The number of hydrogen-bond acceptors (Lipinski definition) is 3. The molecule has 2 aromatic carbocycles. The molecule has 1 heterocycles. The first-order chi connectivity index (χ1) is 14.4. The fourth-order valence-electron chi connectivity index (χ4n) is 4.01. The van der Waals surface area contributed by atoms with Crippen LogP contribution in [0.3, 0.4) is 0 Å². The van der Waals surface area contributed by atoms with Crippen LogP contribution in [-0.4, -0.2) is 19.2 Å². The molecular formula is C25H30FN3O. The Morgan fingerprint density at radius 1 is 1.37 bits per heavy atom. The Balaban J connectivity index is 2.24. The van der Waals surface area contributed by atoms with E-state index in [1.807, 2.05) is 18.3 Å². The summed E-state index contributed by atoms with van der Waals surface area (Å²) in [6, 6.07) is 7.62. The number of carbonyl (C=O) groups excluding carboxylic acids is 1. The first kappa shape index (κ1) is 21.8. The number of nitrogens with one attached hydrogen (secondary N) is 2. The lowest BCUT2D eigenvalue weighted by atomic mass is 9.85. The molecule has 0 bridgehead atoms. The Kier molecular flexibility index (Phi) is 6.70. The van der Waals surface area contributed by atoms with Crippen molar-refractivity contribution in [2.24, 2.45) is 10.9 Å². The van der Waals surface area contributed by atoms with Crippen LogP contribution < -0.4 is 10.6 Å². The van der Waals surface area contributed by atoms with E-state index >= 15 is 4.39 Å². The van der Waals surface area contributed by atoms with Crippen LogP contribution in [0, 0.1) is 11.7 Å². The highest BCUT2D eigenvalue weighted by Gasteiger charge is 2.26. The van der Waals surface area contributed by atoms with Gasteiger partial charge in [0.25, 0.3) is 5.91 Å². The number of benzene rings is 2. The van der Waals surface area contributed by atoms with Crippen LogP contribution in [0.15, 0.2) is 42.0 Å². The van der Waals surface area contributed by atoms with Gasteiger partial charge in [-0.1, -0.05) is 39.5 Å². The van der Waals surface area contributed by atoms with Crippen LogP contribution in [0.5, 0.6) is 0 Å². The minimum absolute atomic E-state index is 0.0122. The summed E-state index contributed by atoms with van der Waals surface area (Å²) in [6.45, 7) is 10.1. The number of anilines is 1. The monoisotopic (exact) mass is 407 g/mol. The third-order valence-corrected chi connectivity index (χ3v) is 5.95. The summed E-state index contributed by atoms with van der Waals surface area (Å²) in [7, 11) is 1.50. The van der Waals surface area contributed by atoms with Crippen LogP contribution in [0.25, 0.3) is 11.1 Å². The smallest absolute Gasteiger partial charge is 0.256 e. The van der Waals surface area contributed by atoms with E-state index in [4.69, 9.17) is 0 Å². The van der Waals surface area contributed by atoms with Gasteiger partial charge in [-0.25, -0.2) is 4.39 Å². The van der Waals surface area contributed by atoms with Gasteiger partial charge in [-0.2, -0.15) is 0 Å². The summed E-state index contributed by atoms with van der Waals surface area (Å²) in [5.74, 6) is -0.455. The SMILES string of the molecule is C=CNc1c(C(=O)NC)c(F)cc(-c2ccc3c(c2)N=CC(CC)C3)c1[C@H](C)CC. The molecule has 3 rings (SSSR count). The van der Waals surface area contributed by atoms with Crippen molar-refractivity contribution < 1.29 is 9.18 Å². The van der Waals surface area contributed by atoms with Gasteiger partial charge >= 0.3 is 0 Å². The summed E-state index contributed by atoms with van der Waals surface area (Å²) < 4.78 is 15.2. The molecule has 30 heavy (non-hydrogen) atoms. The molecule has 0 aromatic heterocycles. The summed E-state index contributed by atoms with van der Waals surface area (Å²) in [5.41, 5.74) is 5.20. The Morgan fingerprint density at radius 3 is 2.77 bits per heavy atom. The zero-order valence-electron chi connectivity index (χ0n) is 18.2. The first-order valence-corrected chi connectivity index (χ1v) is 10.6. The number of fused-ring (bicyclic) bond motifs is 1. The molecule has 2 atom stereocenters. The first-order valence-electron chi connectivity index (χ1n) is 10.6. The van der Waals surface area contributed by atoms with Crippen molar-refractivity contribution in [3.63, 3.8) is 0 Å². The second-order valence-electron chi connectivity index (χ2n) is 7.80. The van der Waals surface area contributed by atoms with E-state index in [9.17, 15) is 4.79 Å². The number of nitrogens with zero attached hydrogens (tertiary/aromatic N) is 1. The molecule has 0 radical (unpaired) electrons. The molecule has 1 unspecified atom stereocenters. The van der Waals surface area contributed by atoms with E-state index in [0.29, 0.717) is 11.6 Å². The predicted molar refractivity (Wildman–Crippen MR) is 123 cm³/mol. The van der Waals surface area contributed by atoms with Crippen LogP contribution >= 0.6 is 0 Å². The van der Waals surface area contributed by atoms with Crippen molar-refractivity contribution in [3.8, 4) is 11.1 Å². The molecule has 4 nitrogen and oxygen atoms in total. The zero-order valence-corrected chi connectivity index (χ0v) is 18.2. The number of rotatable bonds is 7. The number of aliphatic imine (C=N–C) groups is 1. The van der Waals surface area contributed by atoms with Gasteiger partial charge in [-0.05, 0) is 71.7 Å². The maximum atomic E-state index is 15.2. The van der Waals surface area contributed by atoms with Crippen molar-refractivity contribution in [1.29, 1.82) is 0 Å². The summed E-state index contributed by atoms with van der Waals surface area (Å²) in [4.78, 5) is 17.1. The molecule has 0 saturated carbocycles. The Morgan fingerprint density at radius 2 is 2.13 bits per heavy atom. The van der Waals surface area contributed by atoms with Gasteiger partial charge < -0.3 is 10.6 Å². The van der Waals surface area contributed by atoms with E-state index in [2.05, 4.69) is 49.0 Å². The normalized spacial score (nSPS) is 16.0. The maximum Gasteiger partial charge on any atom is 0.256 e. The molecule has 2 aromatic rings. The highest BCUT2D eigenvalue weighted by molar-refractivity contribution is 6.02. The highest BCUT2D eigenvalue weighted by atomic mass is 19.1. The molecule has 1 aliphatic rings. The molecule has 0 aliphatic carbocycles. The number of amides is 1. The summed E-state index contributed by atoms with van der Waals surface area (Å²) in [5, 5.41) is 5.58. The lowest BCUT2D eigenvalue weighted by Gasteiger charge is -2.24. The second-order valence-corrected chi connectivity index (χ2v) is 7.80. The van der Waals surface area contributed by atoms with E-state index in [-0.39, 0.29) is 11.5 Å². The summed E-state index contributed by atoms with van der Waals surface area (Å²) >= 11 is 0. The van der Waals surface area contributed by atoms with Crippen molar-refractivity contribution in [2.45, 2.75) is 46.0 Å². The second kappa shape index (κ2) is 9.24. The zero-order chi connectivity index (χ0) is 21.8. The largest absolute Gasteiger partial charge is 0.361 e. The van der Waals surface area contributed by atoms with Gasteiger partial charge in [-0.15, -0.1) is 0 Å². The third kappa shape index (κ3) is 4.02. The minimum atomic E-state index is -0.562. The van der Waals surface area contributed by atoms with E-state index < -0.39 is 11.7 Å². The van der Waals surface area contributed by atoms with Crippen molar-refractivity contribution >= 4 is 23.5 Å². The Labute approximate surface area is 178 Å². The molecule has 5 heteroatoms. The van der Waals surface area contributed by atoms with Gasteiger partial charge in [0.15, 0.2) is 0 Å². The average Bonchev–Trinajstić information content (AvgIpc) is 2.77. The fourth-order valence-corrected chi connectivity index (χ4v) is 4.01. The molecule has 2 N–H and O–H groups in total. The quantitative estimate of drug-likeness (QED) is 0.574. The van der Waals surface area contributed by atoms with E-state index in [1.165, 1.54) is 24.9 Å². The van der Waals surface area contributed by atoms with Gasteiger partial charge in [0.05, 0.1) is 16.9 Å². The molecule has 0 saturated heterocycles. The maximum absolute atomic E-state index is 15.2. The van der Waals surface area contributed by atoms with Gasteiger partial charge in [0, 0.05) is 13.3 Å². The third-order valence-electron chi connectivity index (χ3n) is 5.95. The minimum Gasteiger partial charge on any atom is -0.361 e.